The van der Waals surface area contributed by atoms with Crippen LogP contribution in [0.25, 0.3) is 0 Å². The third-order valence-corrected chi connectivity index (χ3v) is 4.83. The summed E-state index contributed by atoms with van der Waals surface area (Å²) < 4.78 is 0. The standard InChI is InChI=1S/C20H19ClN6O/c21-16-6-4-15(5-7-16)20(28)23-17-8-9-19(25-24-17)27-13-11-26(12-14-27)18-3-1-2-10-22-18/h1-10H,11-14H2,(H,23,24,28). The summed E-state index contributed by atoms with van der Waals surface area (Å²) in [4.78, 5) is 21.1. The van der Waals surface area contributed by atoms with Crippen LogP contribution >= 0.6 is 11.6 Å². The molecule has 3 heterocycles. The number of amides is 1. The number of nitrogens with zero attached hydrogens (tertiary/aromatic N) is 5. The molecule has 1 aromatic carbocycles. The molecule has 0 spiro atoms. The Balaban J connectivity index is 1.35. The number of benzene rings is 1. The van der Waals surface area contributed by atoms with Crippen LogP contribution in [0.2, 0.25) is 5.02 Å². The lowest BCUT2D eigenvalue weighted by atomic mass is 10.2. The Morgan fingerprint density at radius 2 is 1.57 bits per heavy atom. The van der Waals surface area contributed by atoms with Gasteiger partial charge in [0.25, 0.3) is 5.91 Å². The highest BCUT2D eigenvalue weighted by molar-refractivity contribution is 6.30. The van der Waals surface area contributed by atoms with Gasteiger partial charge < -0.3 is 15.1 Å². The SMILES string of the molecule is O=C(Nc1ccc(N2CCN(c3ccccn3)CC2)nn1)c1ccc(Cl)cc1. The normalized spacial score (nSPS) is 14.0. The van der Waals surface area contributed by atoms with Gasteiger partial charge in [0.1, 0.15) is 5.82 Å². The summed E-state index contributed by atoms with van der Waals surface area (Å²) in [5.41, 5.74) is 0.515. The van der Waals surface area contributed by atoms with E-state index in [1.54, 1.807) is 30.3 Å². The molecule has 1 aliphatic heterocycles. The van der Waals surface area contributed by atoms with Gasteiger partial charge >= 0.3 is 0 Å². The molecule has 0 radical (unpaired) electrons. The molecule has 0 bridgehead atoms. The lowest BCUT2D eigenvalue weighted by Gasteiger charge is -2.35. The molecule has 142 valence electrons. The van der Waals surface area contributed by atoms with Crippen LogP contribution in [0.3, 0.4) is 0 Å². The summed E-state index contributed by atoms with van der Waals surface area (Å²) in [6.07, 6.45) is 1.81. The summed E-state index contributed by atoms with van der Waals surface area (Å²) in [5, 5.41) is 11.7. The summed E-state index contributed by atoms with van der Waals surface area (Å²) in [7, 11) is 0. The zero-order valence-electron chi connectivity index (χ0n) is 15.1. The summed E-state index contributed by atoms with van der Waals surface area (Å²) in [5.74, 6) is 1.96. The van der Waals surface area contributed by atoms with Gasteiger partial charge in [-0.3, -0.25) is 4.79 Å². The quantitative estimate of drug-likeness (QED) is 0.733. The topological polar surface area (TPSA) is 74.2 Å². The maximum Gasteiger partial charge on any atom is 0.256 e. The fourth-order valence-electron chi connectivity index (χ4n) is 3.06. The number of hydrogen-bond acceptors (Lipinski definition) is 6. The van der Waals surface area contributed by atoms with Gasteiger partial charge in [0.2, 0.25) is 0 Å². The Kier molecular flexibility index (Phi) is 5.34. The lowest BCUT2D eigenvalue weighted by molar-refractivity contribution is 0.102. The van der Waals surface area contributed by atoms with E-state index < -0.39 is 0 Å². The van der Waals surface area contributed by atoms with Crippen molar-refractivity contribution in [3.63, 3.8) is 0 Å². The number of rotatable bonds is 4. The fourth-order valence-corrected chi connectivity index (χ4v) is 3.18. The van der Waals surface area contributed by atoms with Gasteiger partial charge in [-0.15, -0.1) is 10.2 Å². The first-order chi connectivity index (χ1) is 13.7. The van der Waals surface area contributed by atoms with Gasteiger partial charge in [-0.1, -0.05) is 17.7 Å². The van der Waals surface area contributed by atoms with E-state index in [9.17, 15) is 4.79 Å². The van der Waals surface area contributed by atoms with Gasteiger partial charge in [-0.2, -0.15) is 0 Å². The van der Waals surface area contributed by atoms with Gasteiger partial charge in [0.05, 0.1) is 0 Å². The Labute approximate surface area is 168 Å². The predicted octanol–water partition coefficient (Wildman–Crippen LogP) is 3.10. The van der Waals surface area contributed by atoms with Crippen molar-refractivity contribution in [1.29, 1.82) is 0 Å². The van der Waals surface area contributed by atoms with Crippen molar-refractivity contribution in [3.05, 3.63) is 71.4 Å². The Bertz CT molecular complexity index is 925. The second-order valence-electron chi connectivity index (χ2n) is 6.40. The second kappa shape index (κ2) is 8.22. The van der Waals surface area contributed by atoms with Crippen LogP contribution in [0, 0.1) is 0 Å². The number of carbonyl (C=O) groups excluding carboxylic acids is 1. The molecular formula is C20H19ClN6O. The van der Waals surface area contributed by atoms with Crippen LogP contribution in [-0.2, 0) is 0 Å². The highest BCUT2D eigenvalue weighted by atomic mass is 35.5. The predicted molar refractivity (Wildman–Crippen MR) is 110 cm³/mol. The average molecular weight is 395 g/mol. The number of halogens is 1. The molecule has 0 aliphatic carbocycles. The first-order valence-corrected chi connectivity index (χ1v) is 9.38. The van der Waals surface area contributed by atoms with E-state index in [0.29, 0.717) is 16.4 Å². The molecule has 0 saturated carbocycles. The van der Waals surface area contributed by atoms with Crippen LogP contribution < -0.4 is 15.1 Å². The maximum absolute atomic E-state index is 12.2. The molecule has 1 saturated heterocycles. The zero-order valence-corrected chi connectivity index (χ0v) is 15.9. The van der Waals surface area contributed by atoms with E-state index in [0.717, 1.165) is 37.8 Å². The van der Waals surface area contributed by atoms with Crippen molar-refractivity contribution in [2.45, 2.75) is 0 Å². The molecule has 7 nitrogen and oxygen atoms in total. The average Bonchev–Trinajstić information content (AvgIpc) is 2.75. The highest BCUT2D eigenvalue weighted by Crippen LogP contribution is 2.18. The molecule has 1 aliphatic rings. The minimum Gasteiger partial charge on any atom is -0.353 e. The number of aromatic nitrogens is 3. The smallest absolute Gasteiger partial charge is 0.256 e. The number of hydrogen-bond donors (Lipinski definition) is 1. The third kappa shape index (κ3) is 4.20. The molecule has 0 unspecified atom stereocenters. The largest absolute Gasteiger partial charge is 0.353 e. The highest BCUT2D eigenvalue weighted by Gasteiger charge is 2.19. The van der Waals surface area contributed by atoms with Gasteiger partial charge in [0.15, 0.2) is 11.6 Å². The summed E-state index contributed by atoms with van der Waals surface area (Å²) >= 11 is 5.85. The van der Waals surface area contributed by atoms with Crippen molar-refractivity contribution < 1.29 is 4.79 Å². The Morgan fingerprint density at radius 1 is 0.857 bits per heavy atom. The maximum atomic E-state index is 12.2. The Hall–Kier alpha value is -3.19. The molecule has 1 N–H and O–H groups in total. The lowest BCUT2D eigenvalue weighted by Crippen LogP contribution is -2.47. The molecule has 1 amide bonds. The second-order valence-corrected chi connectivity index (χ2v) is 6.84. The van der Waals surface area contributed by atoms with Crippen molar-refractivity contribution in [1.82, 2.24) is 15.2 Å². The van der Waals surface area contributed by atoms with Crippen LogP contribution in [-0.4, -0.2) is 47.3 Å². The fraction of sp³-hybridized carbons (Fsp3) is 0.200. The minimum absolute atomic E-state index is 0.248. The molecule has 2 aromatic heterocycles. The van der Waals surface area contributed by atoms with Gasteiger partial charge in [-0.25, -0.2) is 4.98 Å². The number of nitrogens with one attached hydrogen (secondary N) is 1. The van der Waals surface area contributed by atoms with Crippen molar-refractivity contribution >= 4 is 35.0 Å². The molecule has 0 atom stereocenters. The van der Waals surface area contributed by atoms with Crippen LogP contribution in [0.15, 0.2) is 60.8 Å². The van der Waals surface area contributed by atoms with Gasteiger partial charge in [0, 0.05) is 43.0 Å². The summed E-state index contributed by atoms with van der Waals surface area (Å²) in [6, 6.07) is 16.3. The molecular weight excluding hydrogens is 376 g/mol. The van der Waals surface area contributed by atoms with E-state index in [1.807, 2.05) is 30.5 Å². The van der Waals surface area contributed by atoms with E-state index >= 15 is 0 Å². The molecule has 1 fully saturated rings. The molecule has 3 aromatic rings. The van der Waals surface area contributed by atoms with E-state index in [-0.39, 0.29) is 5.91 Å². The number of anilines is 3. The number of piperazine rings is 1. The number of pyridine rings is 1. The van der Waals surface area contributed by atoms with Crippen LogP contribution in [0.5, 0.6) is 0 Å². The monoisotopic (exact) mass is 394 g/mol. The number of carbonyl (C=O) groups is 1. The van der Waals surface area contributed by atoms with Crippen molar-refractivity contribution in [2.75, 3.05) is 41.3 Å². The van der Waals surface area contributed by atoms with Crippen LogP contribution in [0.1, 0.15) is 10.4 Å². The van der Waals surface area contributed by atoms with E-state index in [1.165, 1.54) is 0 Å². The molecule has 28 heavy (non-hydrogen) atoms. The van der Waals surface area contributed by atoms with Crippen molar-refractivity contribution in [2.24, 2.45) is 0 Å². The van der Waals surface area contributed by atoms with E-state index in [4.69, 9.17) is 11.6 Å². The summed E-state index contributed by atoms with van der Waals surface area (Å²) in [6.45, 7) is 3.41. The molecule has 4 rings (SSSR count). The first kappa shape index (κ1) is 18.2. The van der Waals surface area contributed by atoms with Crippen molar-refractivity contribution in [3.8, 4) is 0 Å². The third-order valence-electron chi connectivity index (χ3n) is 4.58. The van der Waals surface area contributed by atoms with E-state index in [2.05, 4.69) is 30.3 Å². The van der Waals surface area contributed by atoms with Gasteiger partial charge in [-0.05, 0) is 48.5 Å². The minimum atomic E-state index is -0.248. The van der Waals surface area contributed by atoms with Crippen LogP contribution in [0.4, 0.5) is 17.5 Å². The zero-order chi connectivity index (χ0) is 19.3. The first-order valence-electron chi connectivity index (χ1n) is 9.00. The molecule has 8 heteroatoms. The Morgan fingerprint density at radius 3 is 2.18 bits per heavy atom.